The molecule has 2 aromatic heterocycles. The first-order valence-corrected chi connectivity index (χ1v) is 13.0. The second-order valence-electron chi connectivity index (χ2n) is 9.54. The minimum absolute atomic E-state index is 0.0226. The second-order valence-corrected chi connectivity index (χ2v) is 9.54. The Morgan fingerprint density at radius 2 is 1.68 bits per heavy atom. The van der Waals surface area contributed by atoms with Gasteiger partial charge < -0.3 is 16.4 Å². The first kappa shape index (κ1) is 25.3. The number of hydrogen-bond donors (Lipinski definition) is 3. The van der Waals surface area contributed by atoms with Crippen LogP contribution in [0.5, 0.6) is 0 Å². The number of pyridine rings is 1. The Kier molecular flexibility index (Phi) is 7.84. The van der Waals surface area contributed by atoms with Gasteiger partial charge in [-0.15, -0.1) is 5.10 Å². The molecule has 1 unspecified atom stereocenters. The van der Waals surface area contributed by atoms with Gasteiger partial charge >= 0.3 is 0 Å². The van der Waals surface area contributed by atoms with Crippen LogP contribution in [-0.4, -0.2) is 43.6 Å². The van der Waals surface area contributed by atoms with E-state index in [1.165, 1.54) is 19.3 Å². The number of benzene rings is 2. The van der Waals surface area contributed by atoms with E-state index in [1.54, 1.807) is 42.6 Å². The van der Waals surface area contributed by atoms with Crippen LogP contribution in [0.2, 0.25) is 0 Å². The Labute approximate surface area is 221 Å². The maximum atomic E-state index is 13.3. The average molecular weight is 510 g/mol. The maximum Gasteiger partial charge on any atom is 0.281 e. The van der Waals surface area contributed by atoms with Crippen LogP contribution < -0.4 is 16.4 Å². The van der Waals surface area contributed by atoms with Crippen molar-refractivity contribution in [1.82, 2.24) is 25.1 Å². The molecule has 194 valence electrons. The van der Waals surface area contributed by atoms with Crippen LogP contribution in [0.3, 0.4) is 0 Å². The van der Waals surface area contributed by atoms with Crippen molar-refractivity contribution in [2.45, 2.75) is 50.6 Å². The van der Waals surface area contributed by atoms with Gasteiger partial charge in [0.2, 0.25) is 17.7 Å². The Hall–Kier alpha value is -4.37. The molecule has 0 spiro atoms. The van der Waals surface area contributed by atoms with Gasteiger partial charge in [-0.1, -0.05) is 55.7 Å². The summed E-state index contributed by atoms with van der Waals surface area (Å²) in [5.41, 5.74) is 8.57. The van der Waals surface area contributed by atoms with E-state index in [2.05, 4.69) is 25.7 Å². The number of carbonyl (C=O) groups excluding carboxylic acids is 2. The van der Waals surface area contributed by atoms with Gasteiger partial charge in [-0.3, -0.25) is 14.6 Å². The molecule has 0 bridgehead atoms. The third-order valence-corrected chi connectivity index (χ3v) is 6.76. The van der Waals surface area contributed by atoms with Crippen LogP contribution in [0.1, 0.15) is 48.0 Å². The molecule has 4 aromatic rings. The predicted molar refractivity (Wildman–Crippen MR) is 146 cm³/mol. The molecule has 1 atom stereocenters. The average Bonchev–Trinajstić information content (AvgIpc) is 3.36. The molecule has 38 heavy (non-hydrogen) atoms. The van der Waals surface area contributed by atoms with Gasteiger partial charge in [0, 0.05) is 23.5 Å². The van der Waals surface area contributed by atoms with Crippen LogP contribution in [0, 0.1) is 0 Å². The van der Waals surface area contributed by atoms with Gasteiger partial charge in [-0.25, -0.2) is 0 Å². The Bertz CT molecular complexity index is 1370. The quantitative estimate of drug-likeness (QED) is 0.326. The molecule has 9 heteroatoms. The Morgan fingerprint density at radius 1 is 0.947 bits per heavy atom. The molecule has 1 aliphatic rings. The van der Waals surface area contributed by atoms with E-state index in [9.17, 15) is 9.59 Å². The van der Waals surface area contributed by atoms with E-state index in [0.29, 0.717) is 29.4 Å². The summed E-state index contributed by atoms with van der Waals surface area (Å²) in [7, 11) is 0. The number of nitrogen functional groups attached to an aromatic ring is 1. The smallest absolute Gasteiger partial charge is 0.281 e. The monoisotopic (exact) mass is 509 g/mol. The van der Waals surface area contributed by atoms with Crippen LogP contribution in [0.4, 0.5) is 11.6 Å². The molecule has 0 radical (unpaired) electrons. The molecule has 2 aromatic carbocycles. The minimum Gasteiger partial charge on any atom is -0.368 e. The highest BCUT2D eigenvalue weighted by molar-refractivity contribution is 5.98. The lowest BCUT2D eigenvalue weighted by atomic mass is 9.94. The Morgan fingerprint density at radius 3 is 2.39 bits per heavy atom. The number of nitrogens with zero attached hydrogens (tertiary/aromatic N) is 4. The van der Waals surface area contributed by atoms with Crippen molar-refractivity contribution in [1.29, 1.82) is 0 Å². The summed E-state index contributed by atoms with van der Waals surface area (Å²) < 4.78 is 1.06. The topological polar surface area (TPSA) is 128 Å². The standard InChI is InChI=1S/C29H31N7O2/c30-29-34-26(24-13-7-8-18-31-24)35-36(29)28(38)21-14-16-23(17-15-21)33-27(37)25(19-20-9-3-1-4-10-20)32-22-11-5-2-6-12-22/h1,3-4,7-10,13-18,22,25,32H,2,5-6,11-12,19H2,(H,33,37)(H2,30,34,35). The van der Waals surface area contributed by atoms with E-state index in [0.717, 1.165) is 23.1 Å². The molecule has 0 saturated heterocycles. The number of hydrogen-bond acceptors (Lipinski definition) is 7. The van der Waals surface area contributed by atoms with Crippen molar-refractivity contribution in [3.8, 4) is 11.5 Å². The zero-order valence-corrected chi connectivity index (χ0v) is 21.1. The number of amides is 1. The number of rotatable bonds is 8. The van der Waals surface area contributed by atoms with Crippen molar-refractivity contribution >= 4 is 23.5 Å². The van der Waals surface area contributed by atoms with E-state index in [-0.39, 0.29) is 23.7 Å². The summed E-state index contributed by atoms with van der Waals surface area (Å²) in [4.78, 5) is 34.7. The van der Waals surface area contributed by atoms with Gasteiger partial charge in [0.05, 0.1) is 6.04 Å². The highest BCUT2D eigenvalue weighted by atomic mass is 16.2. The van der Waals surface area contributed by atoms with E-state index >= 15 is 0 Å². The lowest BCUT2D eigenvalue weighted by Crippen LogP contribution is -2.47. The van der Waals surface area contributed by atoms with Crippen molar-refractivity contribution < 1.29 is 9.59 Å². The van der Waals surface area contributed by atoms with Gasteiger partial charge in [-0.2, -0.15) is 9.67 Å². The molecule has 2 heterocycles. The SMILES string of the molecule is Nc1nc(-c2ccccn2)nn1C(=O)c1ccc(NC(=O)C(Cc2ccccc2)NC2CCCCC2)cc1. The molecule has 9 nitrogen and oxygen atoms in total. The molecule has 1 fully saturated rings. The molecule has 5 rings (SSSR count). The zero-order chi connectivity index (χ0) is 26.3. The third kappa shape index (κ3) is 6.12. The highest BCUT2D eigenvalue weighted by Gasteiger charge is 2.24. The maximum absolute atomic E-state index is 13.3. The second kappa shape index (κ2) is 11.8. The first-order valence-electron chi connectivity index (χ1n) is 13.0. The Balaban J connectivity index is 1.27. The number of aromatic nitrogens is 4. The number of nitrogens with two attached hydrogens (primary N) is 1. The van der Waals surface area contributed by atoms with Crippen molar-refractivity contribution in [2.75, 3.05) is 11.1 Å². The molecular weight excluding hydrogens is 478 g/mol. The van der Waals surface area contributed by atoms with Gasteiger partial charge in [0.15, 0.2) is 0 Å². The summed E-state index contributed by atoms with van der Waals surface area (Å²) in [5, 5.41) is 10.8. The summed E-state index contributed by atoms with van der Waals surface area (Å²) in [6.45, 7) is 0. The first-order chi connectivity index (χ1) is 18.6. The normalized spacial score (nSPS) is 14.6. The molecular formula is C29H31N7O2. The lowest BCUT2D eigenvalue weighted by Gasteiger charge is -2.28. The third-order valence-electron chi connectivity index (χ3n) is 6.76. The molecule has 1 saturated carbocycles. The van der Waals surface area contributed by atoms with E-state index in [4.69, 9.17) is 5.73 Å². The van der Waals surface area contributed by atoms with Gasteiger partial charge in [0.25, 0.3) is 5.91 Å². The van der Waals surface area contributed by atoms with Crippen LogP contribution >= 0.6 is 0 Å². The van der Waals surface area contributed by atoms with Gasteiger partial charge in [0.1, 0.15) is 5.69 Å². The minimum atomic E-state index is -0.420. The fourth-order valence-electron chi connectivity index (χ4n) is 4.76. The molecule has 1 amide bonds. The fourth-order valence-corrected chi connectivity index (χ4v) is 4.76. The summed E-state index contributed by atoms with van der Waals surface area (Å²) in [5.74, 6) is -0.268. The van der Waals surface area contributed by atoms with Crippen molar-refractivity contribution in [3.63, 3.8) is 0 Å². The van der Waals surface area contributed by atoms with E-state index in [1.807, 2.05) is 36.4 Å². The van der Waals surface area contributed by atoms with Crippen LogP contribution in [-0.2, 0) is 11.2 Å². The van der Waals surface area contributed by atoms with Crippen LogP contribution in [0.15, 0.2) is 79.0 Å². The highest BCUT2D eigenvalue weighted by Crippen LogP contribution is 2.20. The number of carbonyl (C=O) groups is 2. The summed E-state index contributed by atoms with van der Waals surface area (Å²) in [6, 6.07) is 22.0. The largest absolute Gasteiger partial charge is 0.368 e. The fraction of sp³-hybridized carbons (Fsp3) is 0.276. The number of nitrogens with one attached hydrogen (secondary N) is 2. The lowest BCUT2D eigenvalue weighted by molar-refractivity contribution is -0.118. The van der Waals surface area contributed by atoms with Crippen molar-refractivity contribution in [3.05, 3.63) is 90.1 Å². The number of anilines is 2. The molecule has 4 N–H and O–H groups in total. The molecule has 0 aliphatic heterocycles. The molecule has 1 aliphatic carbocycles. The summed E-state index contributed by atoms with van der Waals surface area (Å²) >= 11 is 0. The zero-order valence-electron chi connectivity index (χ0n) is 21.1. The predicted octanol–water partition coefficient (Wildman–Crippen LogP) is 4.08. The van der Waals surface area contributed by atoms with E-state index < -0.39 is 5.91 Å². The van der Waals surface area contributed by atoms with Gasteiger partial charge in [-0.05, 0) is 61.2 Å². The van der Waals surface area contributed by atoms with Crippen molar-refractivity contribution in [2.24, 2.45) is 0 Å². The summed E-state index contributed by atoms with van der Waals surface area (Å²) in [6.07, 6.45) is 8.02. The van der Waals surface area contributed by atoms with Crippen LogP contribution in [0.25, 0.3) is 11.5 Å².